The molecule has 4 nitrogen and oxygen atoms in total. The van der Waals surface area contributed by atoms with Crippen LogP contribution in [-0.2, 0) is 0 Å². The van der Waals surface area contributed by atoms with Gasteiger partial charge in [0.05, 0.1) is 12.3 Å². The smallest absolute Gasteiger partial charge is 0.150 e. The molecule has 2 aromatic rings. The van der Waals surface area contributed by atoms with Crippen molar-refractivity contribution in [2.45, 2.75) is 20.8 Å². The number of rotatable bonds is 4. The number of nitrogens with zero attached hydrogens (tertiary/aromatic N) is 1. The maximum Gasteiger partial charge on any atom is 0.150 e. The average molecular weight is 245 g/mol. The minimum atomic E-state index is 0.559. The Bertz CT molecular complexity index is 553. The van der Waals surface area contributed by atoms with Gasteiger partial charge >= 0.3 is 0 Å². The number of aldehydes is 1. The van der Waals surface area contributed by atoms with Crippen LogP contribution in [0.3, 0.4) is 0 Å². The Hall–Kier alpha value is -2.10. The third-order valence-corrected chi connectivity index (χ3v) is 2.70. The Labute approximate surface area is 106 Å². The van der Waals surface area contributed by atoms with E-state index in [1.807, 2.05) is 32.9 Å². The fourth-order valence-electron chi connectivity index (χ4n) is 1.98. The molecule has 1 aromatic heterocycles. The highest BCUT2D eigenvalue weighted by molar-refractivity contribution is 5.81. The van der Waals surface area contributed by atoms with Gasteiger partial charge in [0.25, 0.3) is 0 Å². The molecule has 18 heavy (non-hydrogen) atoms. The van der Waals surface area contributed by atoms with Crippen molar-refractivity contribution in [1.29, 1.82) is 0 Å². The number of hydrogen-bond acceptors (Lipinski definition) is 4. The molecular formula is C14H15NO3. The molecule has 0 unspecified atom stereocenters. The van der Waals surface area contributed by atoms with Crippen molar-refractivity contribution in [2.75, 3.05) is 6.61 Å². The third kappa shape index (κ3) is 2.27. The summed E-state index contributed by atoms with van der Waals surface area (Å²) < 4.78 is 10.6. The molecule has 0 aliphatic rings. The number of hydrogen-bond donors (Lipinski definition) is 0. The number of carbonyl (C=O) groups is 1. The minimum Gasteiger partial charge on any atom is -0.494 e. The van der Waals surface area contributed by atoms with Gasteiger partial charge in [-0.1, -0.05) is 5.16 Å². The van der Waals surface area contributed by atoms with Crippen LogP contribution in [0.5, 0.6) is 5.75 Å². The van der Waals surface area contributed by atoms with Gasteiger partial charge in [-0.25, -0.2) is 0 Å². The molecule has 0 N–H and O–H groups in total. The van der Waals surface area contributed by atoms with Crippen molar-refractivity contribution in [3.05, 3.63) is 35.2 Å². The standard InChI is InChI=1S/C14H15NO3/c1-4-17-13-6-11(8-16)5-12(7-13)14-9(2)15-18-10(14)3/h5-8H,4H2,1-3H3. The topological polar surface area (TPSA) is 52.3 Å². The van der Waals surface area contributed by atoms with E-state index in [2.05, 4.69) is 5.16 Å². The summed E-state index contributed by atoms with van der Waals surface area (Å²) in [5.74, 6) is 1.41. The van der Waals surface area contributed by atoms with E-state index in [0.717, 1.165) is 28.9 Å². The van der Waals surface area contributed by atoms with E-state index in [9.17, 15) is 4.79 Å². The van der Waals surface area contributed by atoms with Crippen LogP contribution in [-0.4, -0.2) is 18.0 Å². The van der Waals surface area contributed by atoms with Gasteiger partial charge in [0.15, 0.2) is 0 Å². The molecule has 0 aliphatic carbocycles. The van der Waals surface area contributed by atoms with Crippen LogP contribution < -0.4 is 4.74 Å². The van der Waals surface area contributed by atoms with Gasteiger partial charge < -0.3 is 9.26 Å². The van der Waals surface area contributed by atoms with Crippen LogP contribution in [0.25, 0.3) is 11.1 Å². The fraction of sp³-hybridized carbons (Fsp3) is 0.286. The first kappa shape index (κ1) is 12.4. The van der Waals surface area contributed by atoms with Crippen molar-refractivity contribution < 1.29 is 14.1 Å². The second kappa shape index (κ2) is 5.04. The van der Waals surface area contributed by atoms with E-state index in [1.165, 1.54) is 0 Å². The average Bonchev–Trinajstić information content (AvgIpc) is 2.69. The maximum absolute atomic E-state index is 11.0. The Balaban J connectivity index is 2.56. The second-order valence-electron chi connectivity index (χ2n) is 4.04. The van der Waals surface area contributed by atoms with Gasteiger partial charge in [0.1, 0.15) is 17.8 Å². The van der Waals surface area contributed by atoms with Gasteiger partial charge in [-0.2, -0.15) is 0 Å². The quantitative estimate of drug-likeness (QED) is 0.776. The highest BCUT2D eigenvalue weighted by Gasteiger charge is 2.13. The highest BCUT2D eigenvalue weighted by Crippen LogP contribution is 2.30. The summed E-state index contributed by atoms with van der Waals surface area (Å²) in [4.78, 5) is 11.0. The Morgan fingerprint density at radius 2 is 2.11 bits per heavy atom. The van der Waals surface area contributed by atoms with Gasteiger partial charge in [0.2, 0.25) is 0 Å². The molecule has 0 atom stereocenters. The molecule has 0 fully saturated rings. The summed E-state index contributed by atoms with van der Waals surface area (Å²) in [6, 6.07) is 5.42. The monoisotopic (exact) mass is 245 g/mol. The van der Waals surface area contributed by atoms with E-state index in [-0.39, 0.29) is 0 Å². The van der Waals surface area contributed by atoms with Crippen molar-refractivity contribution in [3.63, 3.8) is 0 Å². The molecule has 4 heteroatoms. The van der Waals surface area contributed by atoms with Crippen molar-refractivity contribution in [1.82, 2.24) is 5.16 Å². The first-order valence-electron chi connectivity index (χ1n) is 5.82. The maximum atomic E-state index is 11.0. The molecule has 1 heterocycles. The molecule has 0 bridgehead atoms. The molecule has 0 aliphatic heterocycles. The zero-order valence-corrected chi connectivity index (χ0v) is 10.7. The molecule has 0 saturated heterocycles. The lowest BCUT2D eigenvalue weighted by Gasteiger charge is -2.07. The molecule has 0 amide bonds. The normalized spacial score (nSPS) is 10.4. The SMILES string of the molecule is CCOc1cc(C=O)cc(-c2c(C)noc2C)c1. The minimum absolute atomic E-state index is 0.559. The second-order valence-corrected chi connectivity index (χ2v) is 4.04. The molecule has 0 radical (unpaired) electrons. The lowest BCUT2D eigenvalue weighted by Crippen LogP contribution is -1.94. The molecule has 2 rings (SSSR count). The van der Waals surface area contributed by atoms with Crippen LogP contribution >= 0.6 is 0 Å². The number of benzene rings is 1. The summed E-state index contributed by atoms with van der Waals surface area (Å²) in [6.07, 6.45) is 0.810. The summed E-state index contributed by atoms with van der Waals surface area (Å²) in [7, 11) is 0. The van der Waals surface area contributed by atoms with E-state index in [0.29, 0.717) is 17.9 Å². The summed E-state index contributed by atoms with van der Waals surface area (Å²) >= 11 is 0. The number of aromatic nitrogens is 1. The van der Waals surface area contributed by atoms with Crippen molar-refractivity contribution >= 4 is 6.29 Å². The third-order valence-electron chi connectivity index (χ3n) is 2.70. The fourth-order valence-corrected chi connectivity index (χ4v) is 1.98. The van der Waals surface area contributed by atoms with E-state index in [1.54, 1.807) is 6.07 Å². The number of carbonyl (C=O) groups excluding carboxylic acids is 1. The number of ether oxygens (including phenoxy) is 1. The van der Waals surface area contributed by atoms with Gasteiger partial charge in [-0.15, -0.1) is 0 Å². The van der Waals surface area contributed by atoms with Crippen LogP contribution in [0.2, 0.25) is 0 Å². The first-order chi connectivity index (χ1) is 8.65. The lowest BCUT2D eigenvalue weighted by molar-refractivity contribution is 0.112. The van der Waals surface area contributed by atoms with E-state index in [4.69, 9.17) is 9.26 Å². The van der Waals surface area contributed by atoms with E-state index < -0.39 is 0 Å². The number of aryl methyl sites for hydroxylation is 2. The summed E-state index contributed by atoms with van der Waals surface area (Å²) in [6.45, 7) is 6.19. The van der Waals surface area contributed by atoms with Crippen molar-refractivity contribution in [3.8, 4) is 16.9 Å². The van der Waals surface area contributed by atoms with Gasteiger partial charge in [-0.05, 0) is 44.5 Å². The van der Waals surface area contributed by atoms with Crippen LogP contribution in [0.4, 0.5) is 0 Å². The molecule has 0 spiro atoms. The Morgan fingerprint density at radius 3 is 2.67 bits per heavy atom. The Kier molecular flexibility index (Phi) is 3.46. The van der Waals surface area contributed by atoms with Crippen molar-refractivity contribution in [2.24, 2.45) is 0 Å². The molecular weight excluding hydrogens is 230 g/mol. The van der Waals surface area contributed by atoms with Crippen LogP contribution in [0.1, 0.15) is 28.7 Å². The predicted octanol–water partition coefficient (Wildman–Crippen LogP) is 3.17. The van der Waals surface area contributed by atoms with Crippen LogP contribution in [0, 0.1) is 13.8 Å². The van der Waals surface area contributed by atoms with Gasteiger partial charge in [0, 0.05) is 11.1 Å². The predicted molar refractivity (Wildman–Crippen MR) is 68.0 cm³/mol. The zero-order chi connectivity index (χ0) is 13.1. The van der Waals surface area contributed by atoms with Crippen LogP contribution in [0.15, 0.2) is 22.7 Å². The van der Waals surface area contributed by atoms with Gasteiger partial charge in [-0.3, -0.25) is 4.79 Å². The summed E-state index contributed by atoms with van der Waals surface area (Å²) in [5.41, 5.74) is 3.19. The molecule has 94 valence electrons. The summed E-state index contributed by atoms with van der Waals surface area (Å²) in [5, 5.41) is 3.92. The largest absolute Gasteiger partial charge is 0.494 e. The molecule has 0 saturated carbocycles. The Morgan fingerprint density at radius 1 is 1.33 bits per heavy atom. The first-order valence-corrected chi connectivity index (χ1v) is 5.82. The zero-order valence-electron chi connectivity index (χ0n) is 10.7. The molecule has 1 aromatic carbocycles. The lowest BCUT2D eigenvalue weighted by atomic mass is 10.0. The van der Waals surface area contributed by atoms with E-state index >= 15 is 0 Å². The highest BCUT2D eigenvalue weighted by atomic mass is 16.5.